The van der Waals surface area contributed by atoms with Gasteiger partial charge in [0.1, 0.15) is 0 Å². The highest BCUT2D eigenvalue weighted by atomic mass is 32.2. The minimum Gasteiger partial charge on any atom is -0.414 e. The molecule has 102 valence electrons. The van der Waals surface area contributed by atoms with Gasteiger partial charge < -0.3 is 9.73 Å². The first-order valence-corrected chi connectivity index (χ1v) is 7.44. The summed E-state index contributed by atoms with van der Waals surface area (Å²) in [4.78, 5) is 0. The largest absolute Gasteiger partial charge is 0.414 e. The molecule has 0 unspecified atom stereocenters. The summed E-state index contributed by atoms with van der Waals surface area (Å²) in [5.74, 6) is 1.63. The topological polar surface area (TPSA) is 51.0 Å². The average molecular weight is 277 g/mol. The molecule has 1 aromatic carbocycles. The molecule has 0 radical (unpaired) electrons. The second-order valence-electron chi connectivity index (χ2n) is 4.48. The molecule has 0 aliphatic heterocycles. The summed E-state index contributed by atoms with van der Waals surface area (Å²) < 4.78 is 5.55. The van der Waals surface area contributed by atoms with Crippen molar-refractivity contribution in [3.8, 4) is 0 Å². The van der Waals surface area contributed by atoms with Crippen molar-refractivity contribution >= 4 is 17.4 Å². The van der Waals surface area contributed by atoms with E-state index in [9.17, 15) is 0 Å². The van der Waals surface area contributed by atoms with E-state index < -0.39 is 0 Å². The maximum atomic E-state index is 5.55. The van der Waals surface area contributed by atoms with Crippen LogP contribution in [0, 0.1) is 13.8 Å². The Morgan fingerprint density at radius 2 is 2.11 bits per heavy atom. The van der Waals surface area contributed by atoms with Crippen LogP contribution in [-0.2, 0) is 6.54 Å². The molecular formula is C14H19N3OS. The lowest BCUT2D eigenvalue weighted by Gasteiger charge is -2.07. The van der Waals surface area contributed by atoms with Crippen LogP contribution in [0.25, 0.3) is 0 Å². The number of aromatic nitrogens is 2. The molecule has 0 saturated carbocycles. The molecule has 2 rings (SSSR count). The van der Waals surface area contributed by atoms with Gasteiger partial charge >= 0.3 is 0 Å². The Bertz CT molecular complexity index is 539. The number of nitrogens with zero attached hydrogens (tertiary/aromatic N) is 2. The lowest BCUT2D eigenvalue weighted by molar-refractivity contribution is 0.418. The Balaban J connectivity index is 1.92. The Labute approximate surface area is 118 Å². The molecular weight excluding hydrogens is 258 g/mol. The fraction of sp³-hybridized carbons (Fsp3) is 0.429. The van der Waals surface area contributed by atoms with Crippen molar-refractivity contribution in [3.05, 3.63) is 35.2 Å². The number of benzene rings is 1. The molecule has 0 saturated heterocycles. The highest BCUT2D eigenvalue weighted by Crippen LogP contribution is 2.19. The monoisotopic (exact) mass is 277 g/mol. The van der Waals surface area contributed by atoms with Gasteiger partial charge in [0.05, 0.1) is 6.54 Å². The van der Waals surface area contributed by atoms with E-state index in [1.165, 1.54) is 11.1 Å². The zero-order chi connectivity index (χ0) is 13.7. The fourth-order valence-corrected chi connectivity index (χ4v) is 2.37. The molecule has 1 heterocycles. The number of nitrogens with one attached hydrogen (secondary N) is 1. The summed E-state index contributed by atoms with van der Waals surface area (Å²) in [7, 11) is 0. The van der Waals surface area contributed by atoms with E-state index in [4.69, 9.17) is 4.42 Å². The zero-order valence-corrected chi connectivity index (χ0v) is 12.4. The van der Waals surface area contributed by atoms with Crippen LogP contribution < -0.4 is 5.32 Å². The number of aryl methyl sites for hydroxylation is 2. The first kappa shape index (κ1) is 13.9. The third-order valence-electron chi connectivity index (χ3n) is 2.69. The number of hydrogen-bond donors (Lipinski definition) is 1. The standard InChI is InChI=1S/C14H19N3OS/c1-4-7-19-14-17-16-13(18-14)9-15-12-6-5-10(2)8-11(12)3/h5-6,8,15H,4,7,9H2,1-3H3. The molecule has 5 heteroatoms. The van der Waals surface area contributed by atoms with E-state index in [0.717, 1.165) is 17.9 Å². The highest BCUT2D eigenvalue weighted by molar-refractivity contribution is 7.99. The van der Waals surface area contributed by atoms with E-state index in [0.29, 0.717) is 17.7 Å². The molecule has 0 atom stereocenters. The molecule has 1 aromatic heterocycles. The van der Waals surface area contributed by atoms with Gasteiger partial charge in [-0.05, 0) is 31.9 Å². The summed E-state index contributed by atoms with van der Waals surface area (Å²) in [5.41, 5.74) is 3.59. The second kappa shape index (κ2) is 6.61. The zero-order valence-electron chi connectivity index (χ0n) is 11.6. The van der Waals surface area contributed by atoms with Crippen LogP contribution in [0.15, 0.2) is 27.8 Å². The molecule has 4 nitrogen and oxygen atoms in total. The van der Waals surface area contributed by atoms with Crippen molar-refractivity contribution in [2.75, 3.05) is 11.1 Å². The van der Waals surface area contributed by atoms with Gasteiger partial charge in [0.2, 0.25) is 5.89 Å². The third kappa shape index (κ3) is 3.99. The predicted molar refractivity (Wildman–Crippen MR) is 78.6 cm³/mol. The van der Waals surface area contributed by atoms with E-state index in [1.807, 2.05) is 0 Å². The third-order valence-corrected chi connectivity index (χ3v) is 3.71. The quantitative estimate of drug-likeness (QED) is 0.814. The van der Waals surface area contributed by atoms with Gasteiger partial charge in [-0.1, -0.05) is 36.4 Å². The van der Waals surface area contributed by atoms with Crippen molar-refractivity contribution < 1.29 is 4.42 Å². The maximum Gasteiger partial charge on any atom is 0.276 e. The van der Waals surface area contributed by atoms with Gasteiger partial charge in [-0.25, -0.2) is 0 Å². The first-order valence-electron chi connectivity index (χ1n) is 6.45. The molecule has 19 heavy (non-hydrogen) atoms. The number of hydrogen-bond acceptors (Lipinski definition) is 5. The minimum absolute atomic E-state index is 0.559. The van der Waals surface area contributed by atoms with Gasteiger partial charge in [0.25, 0.3) is 5.22 Å². The predicted octanol–water partition coefficient (Wildman–Crippen LogP) is 3.80. The lowest BCUT2D eigenvalue weighted by Crippen LogP contribution is -2.01. The summed E-state index contributed by atoms with van der Waals surface area (Å²) in [6.45, 7) is 6.87. The summed E-state index contributed by atoms with van der Waals surface area (Å²) in [5, 5.41) is 12.0. The molecule has 0 bridgehead atoms. The normalized spacial score (nSPS) is 10.7. The van der Waals surface area contributed by atoms with Gasteiger partial charge in [0.15, 0.2) is 0 Å². The van der Waals surface area contributed by atoms with E-state index >= 15 is 0 Å². The van der Waals surface area contributed by atoms with Gasteiger partial charge in [-0.3, -0.25) is 0 Å². The molecule has 1 N–H and O–H groups in total. The van der Waals surface area contributed by atoms with Gasteiger partial charge in [-0.15, -0.1) is 10.2 Å². The van der Waals surface area contributed by atoms with E-state index in [2.05, 4.69) is 54.5 Å². The smallest absolute Gasteiger partial charge is 0.276 e. The van der Waals surface area contributed by atoms with Crippen LogP contribution in [0.1, 0.15) is 30.4 Å². The fourth-order valence-electron chi connectivity index (χ4n) is 1.74. The summed E-state index contributed by atoms with van der Waals surface area (Å²) >= 11 is 1.60. The van der Waals surface area contributed by atoms with Gasteiger partial charge in [0, 0.05) is 11.4 Å². The molecule has 0 aliphatic carbocycles. The minimum atomic E-state index is 0.559. The summed E-state index contributed by atoms with van der Waals surface area (Å²) in [6.07, 6.45) is 1.10. The Kier molecular flexibility index (Phi) is 4.85. The van der Waals surface area contributed by atoms with Crippen LogP contribution in [0.4, 0.5) is 5.69 Å². The van der Waals surface area contributed by atoms with Crippen LogP contribution in [0.5, 0.6) is 0 Å². The van der Waals surface area contributed by atoms with Crippen LogP contribution in [-0.4, -0.2) is 16.0 Å². The van der Waals surface area contributed by atoms with Crippen molar-refractivity contribution in [2.45, 2.75) is 39.0 Å². The Morgan fingerprint density at radius 1 is 1.26 bits per heavy atom. The molecule has 0 aliphatic rings. The molecule has 0 amide bonds. The SMILES string of the molecule is CCCSc1nnc(CNc2ccc(C)cc2C)o1. The van der Waals surface area contributed by atoms with Crippen LogP contribution in [0.3, 0.4) is 0 Å². The first-order chi connectivity index (χ1) is 9.19. The van der Waals surface area contributed by atoms with Crippen LogP contribution in [0.2, 0.25) is 0 Å². The van der Waals surface area contributed by atoms with E-state index in [-0.39, 0.29) is 0 Å². The Morgan fingerprint density at radius 3 is 2.84 bits per heavy atom. The van der Waals surface area contributed by atoms with Crippen molar-refractivity contribution in [1.82, 2.24) is 10.2 Å². The second-order valence-corrected chi connectivity index (χ2v) is 5.53. The lowest BCUT2D eigenvalue weighted by atomic mass is 10.1. The molecule has 2 aromatic rings. The van der Waals surface area contributed by atoms with Crippen molar-refractivity contribution in [2.24, 2.45) is 0 Å². The number of thioether (sulfide) groups is 1. The average Bonchev–Trinajstić information content (AvgIpc) is 2.83. The van der Waals surface area contributed by atoms with E-state index in [1.54, 1.807) is 11.8 Å². The number of anilines is 1. The summed E-state index contributed by atoms with van der Waals surface area (Å²) in [6, 6.07) is 6.32. The number of rotatable bonds is 6. The molecule has 0 fully saturated rings. The van der Waals surface area contributed by atoms with Crippen LogP contribution >= 0.6 is 11.8 Å². The van der Waals surface area contributed by atoms with Gasteiger partial charge in [-0.2, -0.15) is 0 Å². The van der Waals surface area contributed by atoms with Crippen molar-refractivity contribution in [1.29, 1.82) is 0 Å². The molecule has 0 spiro atoms. The Hall–Kier alpha value is -1.49. The highest BCUT2D eigenvalue weighted by Gasteiger charge is 2.06. The maximum absolute atomic E-state index is 5.55. The van der Waals surface area contributed by atoms with Crippen molar-refractivity contribution in [3.63, 3.8) is 0 Å².